The lowest BCUT2D eigenvalue weighted by atomic mass is 9.33. The van der Waals surface area contributed by atoms with Crippen LogP contribution >= 0.6 is 0 Å². The molecule has 0 bridgehead atoms. The monoisotopic (exact) mass is 970 g/mol. The molecule has 0 radical (unpaired) electrons. The standard InChI is InChI=1S/C71H76BNO/c1-67(2,3)44-25-30-49(31-26-44)73-60-33-28-47(70(10,11)12)40-58(60)72-59-41-48(71(13,14)15)29-34-62(59)74-63-37-43(36-61(73)66(63)72)64-52-20-17-16-19-50(52)53-21-18-22-54(65(53)64)56-35-42-23-24-45(68(4,5)6)38-55(42)57-39-46(69(7,8)9)27-32-51(56)57/h16-34,36-41,51,56-57,64H,35H2,1-15H3. The maximum Gasteiger partial charge on any atom is 0.256 e. The van der Waals surface area contributed by atoms with Gasteiger partial charge in [-0.25, -0.2) is 0 Å². The molecule has 74 heavy (non-hydrogen) atoms. The van der Waals surface area contributed by atoms with Gasteiger partial charge < -0.3 is 9.64 Å². The first-order chi connectivity index (χ1) is 34.8. The molecule has 0 fully saturated rings. The van der Waals surface area contributed by atoms with Crippen LogP contribution in [0.25, 0.3) is 11.1 Å². The molecule has 3 aliphatic carbocycles. The van der Waals surface area contributed by atoms with E-state index in [0.29, 0.717) is 5.92 Å². The summed E-state index contributed by atoms with van der Waals surface area (Å²) in [5, 5.41) is 0. The summed E-state index contributed by atoms with van der Waals surface area (Å²) in [4.78, 5) is 2.57. The zero-order chi connectivity index (χ0) is 52.2. The molecular formula is C71H76BNO. The fourth-order valence-electron chi connectivity index (χ4n) is 13.3. The van der Waals surface area contributed by atoms with E-state index < -0.39 is 0 Å². The molecule has 2 heterocycles. The highest BCUT2D eigenvalue weighted by Crippen LogP contribution is 2.57. The second-order valence-corrected chi connectivity index (χ2v) is 27.8. The van der Waals surface area contributed by atoms with E-state index >= 15 is 0 Å². The third-order valence-electron chi connectivity index (χ3n) is 17.7. The minimum absolute atomic E-state index is 0.00296. The molecule has 0 spiro atoms. The minimum Gasteiger partial charge on any atom is -0.458 e. The normalized spacial score (nSPS) is 19.6. The van der Waals surface area contributed by atoms with Gasteiger partial charge in [-0.15, -0.1) is 0 Å². The number of benzene rings is 7. The van der Waals surface area contributed by atoms with Gasteiger partial charge in [-0.1, -0.05) is 219 Å². The molecule has 2 aliphatic heterocycles. The fraction of sp³-hybridized carbons (Fsp3) is 0.352. The Kier molecular flexibility index (Phi) is 10.9. The lowest BCUT2D eigenvalue weighted by molar-refractivity contribution is 0.413. The summed E-state index contributed by atoms with van der Waals surface area (Å²) in [7, 11) is 0. The maximum atomic E-state index is 7.41. The number of rotatable bonds is 3. The summed E-state index contributed by atoms with van der Waals surface area (Å²) in [6, 6.07) is 52.7. The quantitative estimate of drug-likeness (QED) is 0.164. The van der Waals surface area contributed by atoms with Crippen molar-refractivity contribution in [2.75, 3.05) is 4.90 Å². The van der Waals surface area contributed by atoms with Gasteiger partial charge >= 0.3 is 0 Å². The zero-order valence-electron chi connectivity index (χ0n) is 46.9. The van der Waals surface area contributed by atoms with E-state index in [0.717, 1.165) is 23.6 Å². The summed E-state index contributed by atoms with van der Waals surface area (Å²) < 4.78 is 7.41. The van der Waals surface area contributed by atoms with Crippen molar-refractivity contribution in [3.8, 4) is 22.6 Å². The molecular weight excluding hydrogens is 894 g/mol. The molecule has 5 aliphatic rings. The molecule has 0 N–H and O–H groups in total. The van der Waals surface area contributed by atoms with Crippen molar-refractivity contribution in [2.45, 2.75) is 150 Å². The van der Waals surface area contributed by atoms with Crippen molar-refractivity contribution < 1.29 is 4.74 Å². The van der Waals surface area contributed by atoms with E-state index in [-0.39, 0.29) is 51.5 Å². The highest BCUT2D eigenvalue weighted by Gasteiger charge is 2.46. The van der Waals surface area contributed by atoms with Crippen LogP contribution in [-0.4, -0.2) is 6.71 Å². The van der Waals surface area contributed by atoms with Crippen LogP contribution < -0.4 is 26.0 Å². The van der Waals surface area contributed by atoms with Crippen LogP contribution in [0.3, 0.4) is 0 Å². The van der Waals surface area contributed by atoms with Crippen LogP contribution in [-0.2, 0) is 28.1 Å². The number of anilines is 3. The molecule has 12 rings (SSSR count). The molecule has 2 nitrogen and oxygen atoms in total. The molecule has 3 heteroatoms. The Morgan fingerprint density at radius 3 is 1.80 bits per heavy atom. The molecule has 7 aromatic rings. The lowest BCUT2D eigenvalue weighted by Crippen LogP contribution is -2.60. The Hall–Kier alpha value is -6.32. The van der Waals surface area contributed by atoms with Crippen molar-refractivity contribution in [1.82, 2.24) is 0 Å². The van der Waals surface area contributed by atoms with E-state index in [1.54, 1.807) is 0 Å². The van der Waals surface area contributed by atoms with Crippen molar-refractivity contribution in [3.63, 3.8) is 0 Å². The third-order valence-corrected chi connectivity index (χ3v) is 17.7. The van der Waals surface area contributed by atoms with Crippen LogP contribution in [0.4, 0.5) is 17.1 Å². The highest BCUT2D eigenvalue weighted by atomic mass is 16.5. The number of hydrogen-bond donors (Lipinski definition) is 0. The van der Waals surface area contributed by atoms with Crippen LogP contribution in [0.5, 0.6) is 11.5 Å². The summed E-state index contributed by atoms with van der Waals surface area (Å²) >= 11 is 0. The number of ether oxygens (including phenoxy) is 1. The van der Waals surface area contributed by atoms with Gasteiger partial charge in [0, 0.05) is 28.9 Å². The largest absolute Gasteiger partial charge is 0.458 e. The van der Waals surface area contributed by atoms with Crippen LogP contribution in [0.1, 0.15) is 177 Å². The average molecular weight is 970 g/mol. The van der Waals surface area contributed by atoms with Crippen LogP contribution in [0, 0.1) is 11.3 Å². The first kappa shape index (κ1) is 48.6. The van der Waals surface area contributed by atoms with Crippen molar-refractivity contribution >= 4 is 40.2 Å². The summed E-state index contributed by atoms with van der Waals surface area (Å²) in [6.07, 6.45) is 8.72. The van der Waals surface area contributed by atoms with Crippen LogP contribution in [0.2, 0.25) is 0 Å². The zero-order valence-corrected chi connectivity index (χ0v) is 46.9. The predicted molar refractivity (Wildman–Crippen MR) is 316 cm³/mol. The molecule has 0 saturated carbocycles. The maximum absolute atomic E-state index is 7.41. The van der Waals surface area contributed by atoms with E-state index in [4.69, 9.17) is 4.74 Å². The smallest absolute Gasteiger partial charge is 0.256 e. The molecule has 4 atom stereocenters. The van der Waals surface area contributed by atoms with Crippen molar-refractivity contribution in [2.24, 2.45) is 11.3 Å². The first-order valence-corrected chi connectivity index (χ1v) is 27.7. The van der Waals surface area contributed by atoms with Gasteiger partial charge in [0.2, 0.25) is 0 Å². The molecule has 374 valence electrons. The topological polar surface area (TPSA) is 12.5 Å². The second kappa shape index (κ2) is 16.6. The van der Waals surface area contributed by atoms with Gasteiger partial charge in [-0.3, -0.25) is 0 Å². The molecule has 0 amide bonds. The van der Waals surface area contributed by atoms with E-state index in [1.807, 2.05) is 0 Å². The summed E-state index contributed by atoms with van der Waals surface area (Å²) in [6.45, 7) is 35.1. The Bertz CT molecular complexity index is 3490. The second-order valence-electron chi connectivity index (χ2n) is 27.8. The van der Waals surface area contributed by atoms with Crippen molar-refractivity contribution in [1.29, 1.82) is 0 Å². The Morgan fingerprint density at radius 2 is 1.11 bits per heavy atom. The molecule has 4 unspecified atom stereocenters. The van der Waals surface area contributed by atoms with E-state index in [1.165, 1.54) is 100 Å². The number of hydrogen-bond acceptors (Lipinski definition) is 2. The van der Waals surface area contributed by atoms with Gasteiger partial charge in [-0.05, 0) is 170 Å². The highest BCUT2D eigenvalue weighted by molar-refractivity contribution is 6.99. The Balaban J connectivity index is 1.10. The van der Waals surface area contributed by atoms with Gasteiger partial charge in [0.05, 0.1) is 0 Å². The van der Waals surface area contributed by atoms with Gasteiger partial charge in [0.15, 0.2) is 0 Å². The SMILES string of the molecule is CC(C)(C)C1=CC2c3cc(C(C)(C)C)ccc3CC(c3cccc4c3C(c3cc5c6c(c3)N(c3ccc(C(C)(C)C)cc3)c3ccc(C(C)(C)C)cc3B6c3cc(C(C)(C)C)ccc3O5)c3ccccc3-4)C2C=C1. The molecule has 7 aromatic carbocycles. The molecule has 0 saturated heterocycles. The Labute approximate surface area is 444 Å². The molecule has 0 aromatic heterocycles. The van der Waals surface area contributed by atoms with Gasteiger partial charge in [-0.2, -0.15) is 0 Å². The Morgan fingerprint density at radius 1 is 0.500 bits per heavy atom. The van der Waals surface area contributed by atoms with E-state index in [2.05, 4.69) is 260 Å². The fourth-order valence-corrected chi connectivity index (χ4v) is 13.3. The summed E-state index contributed by atoms with van der Waals surface area (Å²) in [5.41, 5.74) is 25.6. The third kappa shape index (κ3) is 7.89. The van der Waals surface area contributed by atoms with Gasteiger partial charge in [0.25, 0.3) is 6.71 Å². The first-order valence-electron chi connectivity index (χ1n) is 27.7. The number of fused-ring (bicyclic) bond motifs is 10. The van der Waals surface area contributed by atoms with E-state index in [9.17, 15) is 0 Å². The number of nitrogens with zero attached hydrogens (tertiary/aromatic N) is 1. The number of allylic oxidation sites excluding steroid dienone is 4. The van der Waals surface area contributed by atoms with Gasteiger partial charge in [0.1, 0.15) is 11.5 Å². The minimum atomic E-state index is -0.0300. The average Bonchev–Trinajstić information content (AvgIpc) is 3.68. The lowest BCUT2D eigenvalue weighted by Gasteiger charge is -2.42. The van der Waals surface area contributed by atoms with Crippen LogP contribution in [0.15, 0.2) is 157 Å². The summed E-state index contributed by atoms with van der Waals surface area (Å²) in [5.74, 6) is 2.81. The van der Waals surface area contributed by atoms with Crippen molar-refractivity contribution in [3.05, 3.63) is 213 Å². The predicted octanol–water partition coefficient (Wildman–Crippen LogP) is 17.0.